The summed E-state index contributed by atoms with van der Waals surface area (Å²) in [6.45, 7) is 1.64. The van der Waals surface area contributed by atoms with E-state index in [2.05, 4.69) is 5.10 Å². The fourth-order valence-electron chi connectivity index (χ4n) is 2.45. The monoisotopic (exact) mass is 351 g/mol. The molecule has 0 radical (unpaired) electrons. The van der Waals surface area contributed by atoms with Crippen LogP contribution in [0.1, 0.15) is 21.6 Å². The molecule has 0 amide bonds. The molecule has 0 N–H and O–H groups in total. The summed E-state index contributed by atoms with van der Waals surface area (Å²) in [5, 5.41) is 13.0. The number of carbonyl (C=O) groups is 1. The molecule has 3 aromatic rings. The van der Waals surface area contributed by atoms with Crippen LogP contribution in [0.3, 0.4) is 0 Å². The van der Waals surface area contributed by atoms with Gasteiger partial charge in [-0.2, -0.15) is 10.4 Å². The number of halogens is 1. The molecule has 0 saturated heterocycles. The van der Waals surface area contributed by atoms with Crippen molar-refractivity contribution < 1.29 is 18.7 Å². The number of para-hydroxylation sites is 1. The van der Waals surface area contributed by atoms with E-state index in [0.717, 1.165) is 0 Å². The van der Waals surface area contributed by atoms with Crippen molar-refractivity contribution in [1.29, 1.82) is 5.26 Å². The molecule has 6 nitrogen and oxygen atoms in total. The van der Waals surface area contributed by atoms with E-state index in [4.69, 9.17) is 14.7 Å². The van der Waals surface area contributed by atoms with Gasteiger partial charge in [0.25, 0.3) is 0 Å². The van der Waals surface area contributed by atoms with Gasteiger partial charge in [-0.1, -0.05) is 12.1 Å². The van der Waals surface area contributed by atoms with Crippen molar-refractivity contribution in [3.05, 3.63) is 71.3 Å². The van der Waals surface area contributed by atoms with Gasteiger partial charge in [0.05, 0.1) is 30.6 Å². The zero-order valence-corrected chi connectivity index (χ0v) is 14.1. The maximum absolute atomic E-state index is 14.0. The maximum atomic E-state index is 14.0. The summed E-state index contributed by atoms with van der Waals surface area (Å²) in [7, 11) is 1.41. The lowest BCUT2D eigenvalue weighted by atomic mass is 10.2. The van der Waals surface area contributed by atoms with E-state index in [1.54, 1.807) is 25.1 Å². The van der Waals surface area contributed by atoms with E-state index in [1.807, 2.05) is 6.07 Å². The van der Waals surface area contributed by atoms with Crippen molar-refractivity contribution in [1.82, 2.24) is 9.78 Å². The summed E-state index contributed by atoms with van der Waals surface area (Å²) < 4.78 is 25.8. The number of nitrogens with zero attached hydrogens (tertiary/aromatic N) is 3. The highest BCUT2D eigenvalue weighted by Gasteiger charge is 2.20. The fraction of sp³-hybridized carbons (Fsp3) is 0.105. The third kappa shape index (κ3) is 3.13. The molecule has 0 aliphatic heterocycles. The Hall–Kier alpha value is -3.66. The minimum Gasteiger partial charge on any atom is -0.493 e. The normalized spacial score (nSPS) is 10.2. The number of benzene rings is 2. The Labute approximate surface area is 149 Å². The summed E-state index contributed by atoms with van der Waals surface area (Å²) in [6, 6.07) is 12.6. The highest BCUT2D eigenvalue weighted by molar-refractivity contribution is 5.92. The van der Waals surface area contributed by atoms with Crippen LogP contribution in [0, 0.1) is 24.1 Å². The van der Waals surface area contributed by atoms with Crippen molar-refractivity contribution >= 4 is 5.97 Å². The second kappa shape index (κ2) is 7.07. The average Bonchev–Trinajstić information content (AvgIpc) is 3.03. The number of methoxy groups -OCH3 is 1. The molecule has 130 valence electrons. The molecule has 0 fully saturated rings. The van der Waals surface area contributed by atoms with Gasteiger partial charge >= 0.3 is 5.97 Å². The SMILES string of the molecule is COc1cc(C#N)ccc1OC(=O)c1cnn(-c2ccccc2F)c1C. The van der Waals surface area contributed by atoms with Crippen molar-refractivity contribution in [2.45, 2.75) is 6.92 Å². The van der Waals surface area contributed by atoms with Gasteiger partial charge in [0, 0.05) is 6.07 Å². The molecule has 0 spiro atoms. The highest BCUT2D eigenvalue weighted by atomic mass is 19.1. The second-order valence-corrected chi connectivity index (χ2v) is 5.37. The zero-order valence-electron chi connectivity index (χ0n) is 14.1. The number of carbonyl (C=O) groups excluding carboxylic acids is 1. The van der Waals surface area contributed by atoms with Crippen molar-refractivity contribution in [3.63, 3.8) is 0 Å². The highest BCUT2D eigenvalue weighted by Crippen LogP contribution is 2.29. The van der Waals surface area contributed by atoms with Crippen LogP contribution in [-0.4, -0.2) is 22.9 Å². The predicted molar refractivity (Wildman–Crippen MR) is 90.9 cm³/mol. The number of hydrogen-bond acceptors (Lipinski definition) is 5. The van der Waals surface area contributed by atoms with Gasteiger partial charge in [0.15, 0.2) is 11.5 Å². The predicted octanol–water partition coefficient (Wildman–Crippen LogP) is 3.42. The number of esters is 1. The van der Waals surface area contributed by atoms with Crippen LogP contribution >= 0.6 is 0 Å². The van der Waals surface area contributed by atoms with Crippen LogP contribution in [0.25, 0.3) is 5.69 Å². The van der Waals surface area contributed by atoms with Crippen LogP contribution in [0.4, 0.5) is 4.39 Å². The van der Waals surface area contributed by atoms with Gasteiger partial charge < -0.3 is 9.47 Å². The number of rotatable bonds is 4. The van der Waals surface area contributed by atoms with E-state index in [0.29, 0.717) is 11.3 Å². The van der Waals surface area contributed by atoms with Gasteiger partial charge in [-0.15, -0.1) is 0 Å². The molecule has 0 saturated carbocycles. The summed E-state index contributed by atoms with van der Waals surface area (Å²) >= 11 is 0. The van der Waals surface area contributed by atoms with E-state index < -0.39 is 11.8 Å². The Kier molecular flexibility index (Phi) is 4.67. The van der Waals surface area contributed by atoms with Crippen molar-refractivity contribution in [3.8, 4) is 23.3 Å². The first kappa shape index (κ1) is 17.2. The van der Waals surface area contributed by atoms with E-state index in [9.17, 15) is 9.18 Å². The van der Waals surface area contributed by atoms with Gasteiger partial charge in [-0.3, -0.25) is 0 Å². The lowest BCUT2D eigenvalue weighted by Gasteiger charge is -2.09. The number of nitriles is 1. The average molecular weight is 351 g/mol. The van der Waals surface area contributed by atoms with Crippen LogP contribution < -0.4 is 9.47 Å². The minimum atomic E-state index is -0.659. The topological polar surface area (TPSA) is 77.1 Å². The molecule has 1 heterocycles. The molecule has 0 aliphatic carbocycles. The summed E-state index contributed by atoms with van der Waals surface area (Å²) in [5.41, 5.74) is 1.25. The van der Waals surface area contributed by atoms with Gasteiger partial charge in [0.1, 0.15) is 17.1 Å². The molecule has 1 aromatic heterocycles. The molecule has 7 heteroatoms. The fourth-order valence-corrected chi connectivity index (χ4v) is 2.45. The smallest absolute Gasteiger partial charge is 0.347 e. The molecule has 0 unspecified atom stereocenters. The van der Waals surface area contributed by atoms with Crippen LogP contribution in [0.5, 0.6) is 11.5 Å². The lowest BCUT2D eigenvalue weighted by molar-refractivity contribution is 0.0729. The molecule has 26 heavy (non-hydrogen) atoms. The summed E-state index contributed by atoms with van der Waals surface area (Å²) in [5.74, 6) is -0.674. The Bertz CT molecular complexity index is 1020. The third-order valence-electron chi connectivity index (χ3n) is 3.81. The van der Waals surface area contributed by atoms with E-state index in [1.165, 1.54) is 42.3 Å². The largest absolute Gasteiger partial charge is 0.493 e. The Morgan fingerprint density at radius 2 is 2.00 bits per heavy atom. The Balaban J connectivity index is 1.91. The van der Waals surface area contributed by atoms with Crippen LogP contribution in [0.2, 0.25) is 0 Å². The summed E-state index contributed by atoms with van der Waals surface area (Å²) in [6.07, 6.45) is 1.32. The summed E-state index contributed by atoms with van der Waals surface area (Å²) in [4.78, 5) is 12.5. The van der Waals surface area contributed by atoms with E-state index >= 15 is 0 Å². The first-order valence-corrected chi connectivity index (χ1v) is 7.65. The molecule has 0 bridgehead atoms. The van der Waals surface area contributed by atoms with Crippen LogP contribution in [-0.2, 0) is 0 Å². The van der Waals surface area contributed by atoms with Gasteiger partial charge in [0.2, 0.25) is 0 Å². The maximum Gasteiger partial charge on any atom is 0.347 e. The molecule has 0 aliphatic rings. The molecule has 2 aromatic carbocycles. The molecule has 0 atom stereocenters. The molecule has 3 rings (SSSR count). The first-order chi connectivity index (χ1) is 12.5. The van der Waals surface area contributed by atoms with E-state index in [-0.39, 0.29) is 22.7 Å². The van der Waals surface area contributed by atoms with Gasteiger partial charge in [-0.25, -0.2) is 13.9 Å². The van der Waals surface area contributed by atoms with Crippen LogP contribution in [0.15, 0.2) is 48.7 Å². The Morgan fingerprint density at radius 1 is 1.23 bits per heavy atom. The minimum absolute atomic E-state index is 0.176. The molecular formula is C19H14FN3O3. The second-order valence-electron chi connectivity index (χ2n) is 5.37. The van der Waals surface area contributed by atoms with Gasteiger partial charge in [-0.05, 0) is 31.2 Å². The Morgan fingerprint density at radius 3 is 2.69 bits per heavy atom. The quantitative estimate of drug-likeness (QED) is 0.532. The van der Waals surface area contributed by atoms with Crippen molar-refractivity contribution in [2.75, 3.05) is 7.11 Å². The standard InChI is InChI=1S/C19H14FN3O3/c1-12-14(11-22-23(12)16-6-4-3-5-15(16)20)19(24)26-17-8-7-13(10-21)9-18(17)25-2/h3-9,11H,1-2H3. The third-order valence-corrected chi connectivity index (χ3v) is 3.81. The number of ether oxygens (including phenoxy) is 2. The first-order valence-electron chi connectivity index (χ1n) is 7.65. The number of aromatic nitrogens is 2. The van der Waals surface area contributed by atoms with Crippen molar-refractivity contribution in [2.24, 2.45) is 0 Å². The lowest BCUT2D eigenvalue weighted by Crippen LogP contribution is -2.11. The number of hydrogen-bond donors (Lipinski definition) is 0. The molecular weight excluding hydrogens is 337 g/mol. The zero-order chi connectivity index (χ0) is 18.7.